The lowest BCUT2D eigenvalue weighted by molar-refractivity contribution is 0.0669. The lowest BCUT2D eigenvalue weighted by Gasteiger charge is -2.24. The molecule has 1 fully saturated rings. The van der Waals surface area contributed by atoms with Crippen LogP contribution in [0.2, 0.25) is 0 Å². The van der Waals surface area contributed by atoms with E-state index in [1.54, 1.807) is 6.92 Å². The first-order valence-electron chi connectivity index (χ1n) is 6.04. The van der Waals surface area contributed by atoms with Crippen molar-refractivity contribution in [2.24, 2.45) is 5.92 Å². The van der Waals surface area contributed by atoms with Gasteiger partial charge >= 0.3 is 0 Å². The molecule has 1 aliphatic carbocycles. The molecule has 0 spiro atoms. The summed E-state index contributed by atoms with van der Waals surface area (Å²) in [7, 11) is 0. The van der Waals surface area contributed by atoms with Crippen molar-refractivity contribution < 1.29 is 9.90 Å². The summed E-state index contributed by atoms with van der Waals surface area (Å²) in [5.74, 6) is -0.0231. The Kier molecular flexibility index (Phi) is 3.19. The minimum Gasteiger partial charge on any atom is -0.396 e. The van der Waals surface area contributed by atoms with Gasteiger partial charge in [0, 0.05) is 5.92 Å². The summed E-state index contributed by atoms with van der Waals surface area (Å²) in [5, 5.41) is 13.6. The van der Waals surface area contributed by atoms with Gasteiger partial charge in [0.05, 0.1) is 23.2 Å². The average molecular weight is 237 g/mol. The van der Waals surface area contributed by atoms with E-state index >= 15 is 0 Å². The van der Waals surface area contributed by atoms with Crippen molar-refractivity contribution in [3.8, 4) is 0 Å². The summed E-state index contributed by atoms with van der Waals surface area (Å²) in [6.07, 6.45) is 2.62. The van der Waals surface area contributed by atoms with Gasteiger partial charge in [0.25, 0.3) is 0 Å². The highest BCUT2D eigenvalue weighted by molar-refractivity contribution is 5.82. The maximum absolute atomic E-state index is 12.3. The molecule has 0 saturated heterocycles. The Hall–Kier alpha value is -1.36. The average Bonchev–Trinajstić information content (AvgIpc) is 2.57. The van der Waals surface area contributed by atoms with Gasteiger partial charge in [0.2, 0.25) is 5.91 Å². The van der Waals surface area contributed by atoms with Gasteiger partial charge in [-0.05, 0) is 39.5 Å². The standard InChI is InChI=1S/C12H19N3O2/c1-7-11(13)8(2)15(14-7)12(17)9-3-5-10(16)6-4-9/h9-10,16H,3-6,13H2,1-2H3. The number of hydrogen-bond donors (Lipinski definition) is 2. The maximum atomic E-state index is 12.3. The first kappa shape index (κ1) is 12.1. The van der Waals surface area contributed by atoms with Crippen LogP contribution in [0.25, 0.3) is 0 Å². The molecule has 1 aliphatic rings. The lowest BCUT2D eigenvalue weighted by atomic mass is 9.87. The molecule has 1 aromatic heterocycles. The normalized spacial score (nSPS) is 24.9. The zero-order valence-corrected chi connectivity index (χ0v) is 10.3. The molecule has 0 radical (unpaired) electrons. The summed E-state index contributed by atoms with van der Waals surface area (Å²) in [6, 6.07) is 0. The van der Waals surface area contributed by atoms with Gasteiger partial charge < -0.3 is 10.8 Å². The van der Waals surface area contributed by atoms with Crippen molar-refractivity contribution >= 4 is 11.6 Å². The van der Waals surface area contributed by atoms with Gasteiger partial charge in [-0.1, -0.05) is 0 Å². The van der Waals surface area contributed by atoms with Crippen LogP contribution in [0.3, 0.4) is 0 Å². The van der Waals surface area contributed by atoms with Crippen LogP contribution in [0.5, 0.6) is 0 Å². The van der Waals surface area contributed by atoms with Crippen molar-refractivity contribution in [1.82, 2.24) is 9.78 Å². The summed E-state index contributed by atoms with van der Waals surface area (Å²) >= 11 is 0. The summed E-state index contributed by atoms with van der Waals surface area (Å²) in [5.41, 5.74) is 7.83. The number of aryl methyl sites for hydroxylation is 1. The molecule has 0 amide bonds. The van der Waals surface area contributed by atoms with E-state index < -0.39 is 0 Å². The number of aliphatic hydroxyl groups is 1. The smallest absolute Gasteiger partial charge is 0.250 e. The van der Waals surface area contributed by atoms with E-state index in [4.69, 9.17) is 5.73 Å². The van der Waals surface area contributed by atoms with Crippen molar-refractivity contribution in [3.05, 3.63) is 11.4 Å². The van der Waals surface area contributed by atoms with Crippen LogP contribution in [0.1, 0.15) is 41.9 Å². The predicted molar refractivity (Wildman–Crippen MR) is 64.7 cm³/mol. The maximum Gasteiger partial charge on any atom is 0.250 e. The molecule has 2 rings (SSSR count). The number of nitrogen functional groups attached to an aromatic ring is 1. The first-order chi connectivity index (χ1) is 8.00. The highest BCUT2D eigenvalue weighted by atomic mass is 16.3. The fourth-order valence-electron chi connectivity index (χ4n) is 2.37. The van der Waals surface area contributed by atoms with E-state index in [0.29, 0.717) is 24.2 Å². The van der Waals surface area contributed by atoms with Crippen molar-refractivity contribution in [2.75, 3.05) is 5.73 Å². The number of aliphatic hydroxyl groups excluding tert-OH is 1. The van der Waals surface area contributed by atoms with Gasteiger partial charge in [-0.15, -0.1) is 0 Å². The fourth-order valence-corrected chi connectivity index (χ4v) is 2.37. The van der Waals surface area contributed by atoms with Crippen LogP contribution < -0.4 is 5.73 Å². The third-order valence-electron chi connectivity index (χ3n) is 3.60. The first-order valence-corrected chi connectivity index (χ1v) is 6.04. The van der Waals surface area contributed by atoms with E-state index in [0.717, 1.165) is 18.5 Å². The zero-order valence-electron chi connectivity index (χ0n) is 10.3. The van der Waals surface area contributed by atoms with Crippen LogP contribution >= 0.6 is 0 Å². The molecular weight excluding hydrogens is 218 g/mol. The third-order valence-corrected chi connectivity index (χ3v) is 3.60. The number of anilines is 1. The summed E-state index contributed by atoms with van der Waals surface area (Å²) in [4.78, 5) is 12.3. The third kappa shape index (κ3) is 2.20. The highest BCUT2D eigenvalue weighted by Gasteiger charge is 2.28. The van der Waals surface area contributed by atoms with Crippen LogP contribution in [0.4, 0.5) is 5.69 Å². The second-order valence-electron chi connectivity index (χ2n) is 4.84. The molecule has 17 heavy (non-hydrogen) atoms. The Morgan fingerprint density at radius 2 is 1.94 bits per heavy atom. The second kappa shape index (κ2) is 4.49. The molecule has 5 heteroatoms. The molecule has 0 bridgehead atoms. The molecule has 3 N–H and O–H groups in total. The van der Waals surface area contributed by atoms with E-state index in [9.17, 15) is 9.90 Å². The second-order valence-corrected chi connectivity index (χ2v) is 4.84. The van der Waals surface area contributed by atoms with Crippen LogP contribution in [-0.2, 0) is 0 Å². The molecule has 0 aliphatic heterocycles. The van der Waals surface area contributed by atoms with E-state index in [2.05, 4.69) is 5.10 Å². The Morgan fingerprint density at radius 1 is 1.35 bits per heavy atom. The molecule has 1 saturated carbocycles. The number of nitrogens with zero attached hydrogens (tertiary/aromatic N) is 2. The minimum atomic E-state index is -0.246. The topological polar surface area (TPSA) is 81.1 Å². The molecule has 5 nitrogen and oxygen atoms in total. The molecule has 1 aromatic rings. The van der Waals surface area contributed by atoms with E-state index in [1.807, 2.05) is 6.92 Å². The van der Waals surface area contributed by atoms with Gasteiger partial charge in [-0.3, -0.25) is 4.79 Å². The number of hydrogen-bond acceptors (Lipinski definition) is 4. The molecule has 0 atom stereocenters. The highest BCUT2D eigenvalue weighted by Crippen LogP contribution is 2.26. The number of carbonyl (C=O) groups is 1. The number of nitrogens with two attached hydrogens (primary N) is 1. The van der Waals surface area contributed by atoms with Crippen molar-refractivity contribution in [2.45, 2.75) is 45.6 Å². The molecular formula is C12H19N3O2. The monoisotopic (exact) mass is 237 g/mol. The van der Waals surface area contributed by atoms with Crippen LogP contribution in [-0.4, -0.2) is 26.9 Å². The Balaban J connectivity index is 2.17. The summed E-state index contributed by atoms with van der Waals surface area (Å²) < 4.78 is 1.42. The Bertz CT molecular complexity index is 431. The summed E-state index contributed by atoms with van der Waals surface area (Å²) in [6.45, 7) is 3.61. The molecule has 94 valence electrons. The number of carbonyl (C=O) groups excluding carboxylic acids is 1. The van der Waals surface area contributed by atoms with E-state index in [-0.39, 0.29) is 17.9 Å². The molecule has 0 aromatic carbocycles. The van der Waals surface area contributed by atoms with Gasteiger partial charge in [0.15, 0.2) is 0 Å². The van der Waals surface area contributed by atoms with Gasteiger partial charge in [-0.2, -0.15) is 5.10 Å². The minimum absolute atomic E-state index is 0.00852. The molecule has 0 unspecified atom stereocenters. The largest absolute Gasteiger partial charge is 0.396 e. The molecule has 1 heterocycles. The zero-order chi connectivity index (χ0) is 12.6. The predicted octanol–water partition coefficient (Wildman–Crippen LogP) is 1.27. The lowest BCUT2D eigenvalue weighted by Crippen LogP contribution is -2.29. The quantitative estimate of drug-likeness (QED) is 0.770. The van der Waals surface area contributed by atoms with Crippen LogP contribution in [0, 0.1) is 19.8 Å². The van der Waals surface area contributed by atoms with Crippen molar-refractivity contribution in [3.63, 3.8) is 0 Å². The Labute approximate surface area is 101 Å². The van der Waals surface area contributed by atoms with Crippen molar-refractivity contribution in [1.29, 1.82) is 0 Å². The van der Waals surface area contributed by atoms with Gasteiger partial charge in [0.1, 0.15) is 0 Å². The van der Waals surface area contributed by atoms with Gasteiger partial charge in [-0.25, -0.2) is 4.68 Å². The SMILES string of the molecule is Cc1nn(C(=O)C2CCC(O)CC2)c(C)c1N. The number of aromatic nitrogens is 2. The van der Waals surface area contributed by atoms with E-state index in [1.165, 1.54) is 4.68 Å². The van der Waals surface area contributed by atoms with Crippen LogP contribution in [0.15, 0.2) is 0 Å². The number of rotatable bonds is 1. The Morgan fingerprint density at radius 3 is 2.41 bits per heavy atom. The fraction of sp³-hybridized carbons (Fsp3) is 0.667.